The molecule has 3 rings (SSSR count). The predicted molar refractivity (Wildman–Crippen MR) is 101 cm³/mol. The average Bonchev–Trinajstić information content (AvgIpc) is 2.62. The van der Waals surface area contributed by atoms with Crippen LogP contribution in [-0.2, 0) is 4.79 Å². The SMILES string of the molecule is CC(C)(Oc1cccc2ccccc12)C(=O)Nc1ccc(C(=O)O)cc1. The number of anilines is 1. The minimum absolute atomic E-state index is 0.161. The molecule has 5 nitrogen and oxygen atoms in total. The summed E-state index contributed by atoms with van der Waals surface area (Å²) in [6.45, 7) is 3.38. The Bertz CT molecular complexity index is 956. The fourth-order valence-corrected chi connectivity index (χ4v) is 2.58. The van der Waals surface area contributed by atoms with Gasteiger partial charge >= 0.3 is 5.97 Å². The van der Waals surface area contributed by atoms with Crippen LogP contribution in [0.15, 0.2) is 66.7 Å². The zero-order valence-electron chi connectivity index (χ0n) is 14.5. The molecule has 2 N–H and O–H groups in total. The molecule has 0 aromatic heterocycles. The molecule has 132 valence electrons. The van der Waals surface area contributed by atoms with E-state index in [1.807, 2.05) is 42.5 Å². The molecule has 0 saturated carbocycles. The fraction of sp³-hybridized carbons (Fsp3) is 0.143. The van der Waals surface area contributed by atoms with Crippen molar-refractivity contribution < 1.29 is 19.4 Å². The lowest BCUT2D eigenvalue weighted by Crippen LogP contribution is -2.42. The molecule has 0 radical (unpaired) electrons. The molecule has 3 aromatic carbocycles. The summed E-state index contributed by atoms with van der Waals surface area (Å²) in [5, 5.41) is 13.7. The van der Waals surface area contributed by atoms with E-state index in [9.17, 15) is 9.59 Å². The van der Waals surface area contributed by atoms with Crippen LogP contribution in [-0.4, -0.2) is 22.6 Å². The summed E-state index contributed by atoms with van der Waals surface area (Å²) in [7, 11) is 0. The van der Waals surface area contributed by atoms with Crippen LogP contribution in [0.3, 0.4) is 0 Å². The van der Waals surface area contributed by atoms with Gasteiger partial charge < -0.3 is 15.2 Å². The summed E-state index contributed by atoms with van der Waals surface area (Å²) >= 11 is 0. The van der Waals surface area contributed by atoms with Crippen LogP contribution in [0.1, 0.15) is 24.2 Å². The molecule has 0 aliphatic carbocycles. The maximum Gasteiger partial charge on any atom is 0.335 e. The maximum absolute atomic E-state index is 12.6. The van der Waals surface area contributed by atoms with Crippen molar-refractivity contribution >= 4 is 28.3 Å². The number of carbonyl (C=O) groups is 2. The van der Waals surface area contributed by atoms with Crippen molar-refractivity contribution in [2.75, 3.05) is 5.32 Å². The number of rotatable bonds is 5. The van der Waals surface area contributed by atoms with Crippen LogP contribution in [0.4, 0.5) is 5.69 Å². The fourth-order valence-electron chi connectivity index (χ4n) is 2.58. The Hall–Kier alpha value is -3.34. The quantitative estimate of drug-likeness (QED) is 0.719. The minimum Gasteiger partial charge on any atom is -0.478 e. The molecule has 0 heterocycles. The Morgan fingerprint density at radius 2 is 1.58 bits per heavy atom. The summed E-state index contributed by atoms with van der Waals surface area (Å²) in [6.07, 6.45) is 0. The van der Waals surface area contributed by atoms with Crippen molar-refractivity contribution in [3.63, 3.8) is 0 Å². The maximum atomic E-state index is 12.6. The molecule has 26 heavy (non-hydrogen) atoms. The Morgan fingerprint density at radius 3 is 2.27 bits per heavy atom. The smallest absolute Gasteiger partial charge is 0.335 e. The van der Waals surface area contributed by atoms with Gasteiger partial charge in [-0.15, -0.1) is 0 Å². The number of hydrogen-bond acceptors (Lipinski definition) is 3. The number of carbonyl (C=O) groups excluding carboxylic acids is 1. The lowest BCUT2D eigenvalue weighted by Gasteiger charge is -2.26. The van der Waals surface area contributed by atoms with Gasteiger partial charge in [0.25, 0.3) is 5.91 Å². The van der Waals surface area contributed by atoms with Crippen LogP contribution >= 0.6 is 0 Å². The summed E-state index contributed by atoms with van der Waals surface area (Å²) in [4.78, 5) is 23.5. The number of amides is 1. The number of ether oxygens (including phenoxy) is 1. The molecule has 0 spiro atoms. The van der Waals surface area contributed by atoms with Crippen LogP contribution in [0.5, 0.6) is 5.75 Å². The monoisotopic (exact) mass is 349 g/mol. The number of aromatic carboxylic acids is 1. The van der Waals surface area contributed by atoms with E-state index in [1.54, 1.807) is 26.0 Å². The number of hydrogen-bond donors (Lipinski definition) is 2. The van der Waals surface area contributed by atoms with Gasteiger partial charge in [-0.1, -0.05) is 36.4 Å². The van der Waals surface area contributed by atoms with Crippen molar-refractivity contribution in [2.24, 2.45) is 0 Å². The van der Waals surface area contributed by atoms with Gasteiger partial charge in [0.05, 0.1) is 5.56 Å². The molecule has 0 aliphatic rings. The Labute approximate surface area is 151 Å². The van der Waals surface area contributed by atoms with E-state index in [1.165, 1.54) is 12.1 Å². The Morgan fingerprint density at radius 1 is 0.923 bits per heavy atom. The Balaban J connectivity index is 1.78. The van der Waals surface area contributed by atoms with Crippen LogP contribution in [0.25, 0.3) is 10.8 Å². The molecule has 0 bridgehead atoms. The van der Waals surface area contributed by atoms with Gasteiger partial charge in [-0.05, 0) is 49.6 Å². The molecular weight excluding hydrogens is 330 g/mol. The number of carboxylic acids is 1. The summed E-state index contributed by atoms with van der Waals surface area (Å²) in [5.41, 5.74) is -0.445. The highest BCUT2D eigenvalue weighted by Gasteiger charge is 2.30. The largest absolute Gasteiger partial charge is 0.478 e. The molecule has 0 fully saturated rings. The molecule has 3 aromatic rings. The van der Waals surface area contributed by atoms with Crippen LogP contribution < -0.4 is 10.1 Å². The molecule has 0 aliphatic heterocycles. The van der Waals surface area contributed by atoms with Gasteiger partial charge in [0, 0.05) is 11.1 Å². The first-order valence-electron chi connectivity index (χ1n) is 8.18. The second-order valence-corrected chi connectivity index (χ2v) is 6.43. The van der Waals surface area contributed by atoms with Gasteiger partial charge in [0.1, 0.15) is 5.75 Å². The van der Waals surface area contributed by atoms with Crippen molar-refractivity contribution in [1.82, 2.24) is 0 Å². The number of nitrogens with one attached hydrogen (secondary N) is 1. The van der Waals surface area contributed by atoms with E-state index < -0.39 is 11.6 Å². The van der Waals surface area contributed by atoms with Gasteiger partial charge in [0.2, 0.25) is 0 Å². The van der Waals surface area contributed by atoms with E-state index in [4.69, 9.17) is 9.84 Å². The zero-order valence-corrected chi connectivity index (χ0v) is 14.5. The van der Waals surface area contributed by atoms with E-state index in [0.29, 0.717) is 11.4 Å². The lowest BCUT2D eigenvalue weighted by molar-refractivity contribution is -0.128. The van der Waals surface area contributed by atoms with Gasteiger partial charge in [-0.3, -0.25) is 4.79 Å². The van der Waals surface area contributed by atoms with E-state index >= 15 is 0 Å². The number of carboxylic acid groups (broad SMARTS) is 1. The summed E-state index contributed by atoms with van der Waals surface area (Å²) in [5.74, 6) is -0.708. The predicted octanol–water partition coefficient (Wildman–Crippen LogP) is 4.33. The molecule has 0 atom stereocenters. The molecule has 0 unspecified atom stereocenters. The lowest BCUT2D eigenvalue weighted by atomic mass is 10.1. The van der Waals surface area contributed by atoms with Crippen molar-refractivity contribution in [3.05, 3.63) is 72.3 Å². The summed E-state index contributed by atoms with van der Waals surface area (Å²) in [6, 6.07) is 19.5. The highest BCUT2D eigenvalue weighted by atomic mass is 16.5. The van der Waals surface area contributed by atoms with E-state index in [0.717, 1.165) is 10.8 Å². The topological polar surface area (TPSA) is 75.6 Å². The molecule has 5 heteroatoms. The van der Waals surface area contributed by atoms with Crippen LogP contribution in [0.2, 0.25) is 0 Å². The van der Waals surface area contributed by atoms with Gasteiger partial charge in [-0.2, -0.15) is 0 Å². The molecule has 1 amide bonds. The first-order chi connectivity index (χ1) is 12.4. The second kappa shape index (κ2) is 6.88. The van der Waals surface area contributed by atoms with Crippen molar-refractivity contribution in [1.29, 1.82) is 0 Å². The first kappa shape index (κ1) is 17.5. The standard InChI is InChI=1S/C21H19NO4/c1-21(2,20(25)22-16-12-10-15(11-13-16)19(23)24)26-18-9-5-7-14-6-3-4-8-17(14)18/h3-13H,1-2H3,(H,22,25)(H,23,24). The van der Waals surface area contributed by atoms with Crippen molar-refractivity contribution in [3.8, 4) is 5.75 Å². The minimum atomic E-state index is -1.12. The number of benzene rings is 3. The zero-order chi connectivity index (χ0) is 18.7. The van der Waals surface area contributed by atoms with E-state index in [-0.39, 0.29) is 11.5 Å². The molecular formula is C21H19NO4. The van der Waals surface area contributed by atoms with E-state index in [2.05, 4.69) is 5.32 Å². The third kappa shape index (κ3) is 3.67. The average molecular weight is 349 g/mol. The third-order valence-electron chi connectivity index (χ3n) is 4.05. The second-order valence-electron chi connectivity index (χ2n) is 6.43. The molecule has 0 saturated heterocycles. The Kier molecular flexibility index (Phi) is 4.63. The number of fused-ring (bicyclic) bond motifs is 1. The highest BCUT2D eigenvalue weighted by molar-refractivity contribution is 5.98. The normalized spacial score (nSPS) is 11.2. The first-order valence-corrected chi connectivity index (χ1v) is 8.18. The summed E-state index contributed by atoms with van der Waals surface area (Å²) < 4.78 is 6.00. The van der Waals surface area contributed by atoms with Gasteiger partial charge in [-0.25, -0.2) is 4.79 Å². The van der Waals surface area contributed by atoms with Gasteiger partial charge in [0.15, 0.2) is 5.60 Å². The third-order valence-corrected chi connectivity index (χ3v) is 4.05. The highest BCUT2D eigenvalue weighted by Crippen LogP contribution is 2.29. The van der Waals surface area contributed by atoms with Crippen molar-refractivity contribution in [2.45, 2.75) is 19.4 Å². The van der Waals surface area contributed by atoms with Crippen LogP contribution in [0, 0.1) is 0 Å².